The van der Waals surface area contributed by atoms with Crippen molar-refractivity contribution in [2.75, 3.05) is 13.2 Å². The van der Waals surface area contributed by atoms with Crippen molar-refractivity contribution in [3.05, 3.63) is 0 Å². The summed E-state index contributed by atoms with van der Waals surface area (Å²) in [6.45, 7) is 8.56. The van der Waals surface area contributed by atoms with Crippen molar-refractivity contribution < 1.29 is 9.47 Å². The zero-order chi connectivity index (χ0) is 10.1. The van der Waals surface area contributed by atoms with E-state index >= 15 is 0 Å². The summed E-state index contributed by atoms with van der Waals surface area (Å²) in [7, 11) is 0. The normalized spacial score (nSPS) is 43.9. The van der Waals surface area contributed by atoms with Gasteiger partial charge in [0.25, 0.3) is 0 Å². The Labute approximate surface area is 86.4 Å². The van der Waals surface area contributed by atoms with Gasteiger partial charge in [-0.05, 0) is 32.6 Å². The molecule has 4 unspecified atom stereocenters. The summed E-state index contributed by atoms with van der Waals surface area (Å²) < 4.78 is 11.0. The van der Waals surface area contributed by atoms with Crippen LogP contribution in [-0.4, -0.2) is 36.6 Å². The highest BCUT2D eigenvalue weighted by Crippen LogP contribution is 2.34. The monoisotopic (exact) mass is 199 g/mol. The second kappa shape index (κ2) is 4.17. The summed E-state index contributed by atoms with van der Waals surface area (Å²) in [5.41, 5.74) is 0. The van der Waals surface area contributed by atoms with Crippen molar-refractivity contribution in [3.8, 4) is 0 Å². The molecule has 2 heterocycles. The Morgan fingerprint density at radius 3 is 2.93 bits per heavy atom. The lowest BCUT2D eigenvalue weighted by atomic mass is 9.92. The van der Waals surface area contributed by atoms with Gasteiger partial charge in [-0.15, -0.1) is 0 Å². The topological polar surface area (TPSA) is 25.0 Å². The van der Waals surface area contributed by atoms with Crippen LogP contribution in [0.5, 0.6) is 0 Å². The molecule has 14 heavy (non-hydrogen) atoms. The minimum atomic E-state index is 0.0488. The van der Waals surface area contributed by atoms with Gasteiger partial charge in [0, 0.05) is 19.2 Å². The molecule has 0 radical (unpaired) electrons. The maximum atomic E-state index is 5.52. The Hall–Kier alpha value is -0.120. The molecule has 2 aliphatic heterocycles. The van der Waals surface area contributed by atoms with Gasteiger partial charge in [0.2, 0.25) is 0 Å². The van der Waals surface area contributed by atoms with Gasteiger partial charge in [-0.1, -0.05) is 6.92 Å². The Balaban J connectivity index is 1.85. The summed E-state index contributed by atoms with van der Waals surface area (Å²) >= 11 is 0. The van der Waals surface area contributed by atoms with Crippen LogP contribution in [0, 0.1) is 5.92 Å². The fourth-order valence-electron chi connectivity index (χ4n) is 2.34. The highest BCUT2D eigenvalue weighted by molar-refractivity contribution is 4.87. The second-order valence-electron chi connectivity index (χ2n) is 4.45. The van der Waals surface area contributed by atoms with Crippen LogP contribution in [0.3, 0.4) is 0 Å². The number of piperidine rings is 1. The minimum Gasteiger partial charge on any atom is -0.349 e. The van der Waals surface area contributed by atoms with E-state index in [9.17, 15) is 0 Å². The number of hydrogen-bond acceptors (Lipinski definition) is 3. The predicted molar refractivity (Wildman–Crippen MR) is 54.9 cm³/mol. The molecule has 4 atom stereocenters. The predicted octanol–water partition coefficient (Wildman–Crippen LogP) is 1.83. The lowest BCUT2D eigenvalue weighted by Crippen LogP contribution is -2.44. The fraction of sp³-hybridized carbons (Fsp3) is 1.00. The Morgan fingerprint density at radius 1 is 1.43 bits per heavy atom. The summed E-state index contributed by atoms with van der Waals surface area (Å²) in [5, 5.41) is 0. The van der Waals surface area contributed by atoms with Crippen molar-refractivity contribution >= 4 is 0 Å². The van der Waals surface area contributed by atoms with Gasteiger partial charge >= 0.3 is 0 Å². The van der Waals surface area contributed by atoms with E-state index in [2.05, 4.69) is 18.7 Å². The molecule has 2 saturated heterocycles. The van der Waals surface area contributed by atoms with Crippen LogP contribution < -0.4 is 0 Å². The number of hydrogen-bond donors (Lipinski definition) is 0. The second-order valence-corrected chi connectivity index (χ2v) is 4.45. The first-order valence-corrected chi connectivity index (χ1v) is 5.77. The average Bonchev–Trinajstić information content (AvgIpc) is 2.90. The number of ether oxygens (including phenoxy) is 2. The molecule has 0 aliphatic carbocycles. The van der Waals surface area contributed by atoms with Crippen molar-refractivity contribution in [2.45, 2.75) is 52.2 Å². The molecule has 0 bridgehead atoms. The molecule has 0 amide bonds. The number of epoxide rings is 1. The summed E-state index contributed by atoms with van der Waals surface area (Å²) in [4.78, 5) is 2.45. The number of nitrogens with zero attached hydrogens (tertiary/aromatic N) is 1. The van der Waals surface area contributed by atoms with Gasteiger partial charge in [0.15, 0.2) is 12.5 Å². The van der Waals surface area contributed by atoms with Gasteiger partial charge in [0.1, 0.15) is 0 Å². The molecule has 3 heteroatoms. The minimum absolute atomic E-state index is 0.0488. The van der Waals surface area contributed by atoms with Crippen LogP contribution in [0.2, 0.25) is 0 Å². The van der Waals surface area contributed by atoms with Crippen LogP contribution >= 0.6 is 0 Å². The molecular weight excluding hydrogens is 178 g/mol. The SMILES string of the molecule is CCOC1OC1N1CCCC(C)C1C. The van der Waals surface area contributed by atoms with Crippen molar-refractivity contribution in [3.63, 3.8) is 0 Å². The smallest absolute Gasteiger partial charge is 0.199 e. The van der Waals surface area contributed by atoms with Gasteiger partial charge in [-0.3, -0.25) is 4.90 Å². The van der Waals surface area contributed by atoms with Crippen LogP contribution in [-0.2, 0) is 9.47 Å². The molecule has 2 aliphatic rings. The quantitative estimate of drug-likeness (QED) is 0.648. The van der Waals surface area contributed by atoms with E-state index in [-0.39, 0.29) is 12.5 Å². The molecule has 0 saturated carbocycles. The highest BCUT2D eigenvalue weighted by Gasteiger charge is 2.47. The third-order valence-corrected chi connectivity index (χ3v) is 3.51. The van der Waals surface area contributed by atoms with Crippen LogP contribution in [0.15, 0.2) is 0 Å². The largest absolute Gasteiger partial charge is 0.349 e. The molecule has 0 aromatic rings. The molecule has 0 spiro atoms. The average molecular weight is 199 g/mol. The first kappa shape index (κ1) is 10.4. The standard InChI is InChI=1S/C11H21NO2/c1-4-13-11-10(14-11)12-7-5-6-8(2)9(12)3/h8-11H,4-7H2,1-3H3. The van der Waals surface area contributed by atoms with E-state index in [1.807, 2.05) is 6.92 Å². The molecule has 0 aromatic carbocycles. The van der Waals surface area contributed by atoms with Crippen LogP contribution in [0.4, 0.5) is 0 Å². The summed E-state index contributed by atoms with van der Waals surface area (Å²) in [6, 6.07) is 0.638. The number of rotatable bonds is 3. The number of likely N-dealkylation sites (tertiary alicyclic amines) is 1. The van der Waals surface area contributed by atoms with E-state index in [0.717, 1.165) is 12.5 Å². The van der Waals surface area contributed by atoms with Crippen molar-refractivity contribution in [1.82, 2.24) is 4.90 Å². The van der Waals surface area contributed by atoms with Crippen LogP contribution in [0.1, 0.15) is 33.6 Å². The molecule has 82 valence electrons. The maximum absolute atomic E-state index is 5.52. The van der Waals surface area contributed by atoms with E-state index in [1.165, 1.54) is 19.4 Å². The van der Waals surface area contributed by atoms with Crippen molar-refractivity contribution in [2.24, 2.45) is 5.92 Å². The Bertz CT molecular complexity index is 198. The van der Waals surface area contributed by atoms with E-state index in [4.69, 9.17) is 9.47 Å². The Morgan fingerprint density at radius 2 is 2.21 bits per heavy atom. The summed E-state index contributed by atoms with van der Waals surface area (Å²) in [6.07, 6.45) is 2.94. The van der Waals surface area contributed by atoms with Gasteiger partial charge in [-0.2, -0.15) is 0 Å². The zero-order valence-electron chi connectivity index (χ0n) is 9.40. The summed E-state index contributed by atoms with van der Waals surface area (Å²) in [5.74, 6) is 0.787. The third kappa shape index (κ3) is 1.95. The van der Waals surface area contributed by atoms with Crippen molar-refractivity contribution in [1.29, 1.82) is 0 Å². The lowest BCUT2D eigenvalue weighted by Gasteiger charge is -2.36. The Kier molecular flexibility index (Phi) is 3.10. The zero-order valence-corrected chi connectivity index (χ0v) is 9.40. The molecule has 0 N–H and O–H groups in total. The molecule has 2 fully saturated rings. The first-order valence-electron chi connectivity index (χ1n) is 5.77. The molecule has 3 nitrogen and oxygen atoms in total. The fourth-order valence-corrected chi connectivity index (χ4v) is 2.34. The van der Waals surface area contributed by atoms with E-state index in [1.54, 1.807) is 0 Å². The van der Waals surface area contributed by atoms with Crippen LogP contribution in [0.25, 0.3) is 0 Å². The molecule has 0 aromatic heterocycles. The van der Waals surface area contributed by atoms with E-state index < -0.39 is 0 Å². The first-order chi connectivity index (χ1) is 6.74. The molecule has 2 rings (SSSR count). The molecular formula is C11H21NO2. The van der Waals surface area contributed by atoms with Gasteiger partial charge in [-0.25, -0.2) is 0 Å². The van der Waals surface area contributed by atoms with E-state index in [0.29, 0.717) is 6.04 Å². The highest BCUT2D eigenvalue weighted by atomic mass is 16.8. The van der Waals surface area contributed by atoms with Gasteiger partial charge < -0.3 is 9.47 Å². The third-order valence-electron chi connectivity index (χ3n) is 3.51. The lowest BCUT2D eigenvalue weighted by molar-refractivity contribution is 0.0572. The van der Waals surface area contributed by atoms with Gasteiger partial charge in [0.05, 0.1) is 0 Å². The maximum Gasteiger partial charge on any atom is 0.199 e.